The van der Waals surface area contributed by atoms with Gasteiger partial charge in [-0.15, -0.1) is 5.10 Å². The zero-order valence-corrected chi connectivity index (χ0v) is 11.5. The minimum absolute atomic E-state index is 0.287. The van der Waals surface area contributed by atoms with Gasteiger partial charge in [0, 0.05) is 5.56 Å². The van der Waals surface area contributed by atoms with Crippen LogP contribution in [0.15, 0.2) is 54.6 Å². The van der Waals surface area contributed by atoms with Gasteiger partial charge in [-0.2, -0.15) is 0 Å². The third-order valence-electron chi connectivity index (χ3n) is 2.91. The van der Waals surface area contributed by atoms with Crippen molar-refractivity contribution in [3.05, 3.63) is 54.6 Å². The fourth-order valence-electron chi connectivity index (χ4n) is 1.94. The number of nitrogens with zero attached hydrogens (tertiary/aromatic N) is 4. The average Bonchev–Trinajstić information content (AvgIpc) is 2.96. The maximum atomic E-state index is 10.8. The van der Waals surface area contributed by atoms with Gasteiger partial charge in [-0.3, -0.25) is 4.79 Å². The molecule has 0 aliphatic carbocycles. The summed E-state index contributed by atoms with van der Waals surface area (Å²) >= 11 is 0. The Hall–Kier alpha value is -3.22. The van der Waals surface area contributed by atoms with Gasteiger partial charge in [-0.05, 0) is 46.8 Å². The SMILES string of the molecule is O=C(O)Cn1nnnc1-c1ccc(Oc2ccccc2)cc1. The van der Waals surface area contributed by atoms with Crippen LogP contribution >= 0.6 is 0 Å². The number of hydrogen-bond acceptors (Lipinski definition) is 5. The van der Waals surface area contributed by atoms with Crippen molar-refractivity contribution in [2.24, 2.45) is 0 Å². The van der Waals surface area contributed by atoms with Crippen LogP contribution in [0.5, 0.6) is 11.5 Å². The van der Waals surface area contributed by atoms with Gasteiger partial charge < -0.3 is 9.84 Å². The predicted octanol–water partition coefficient (Wildman–Crippen LogP) is 2.22. The van der Waals surface area contributed by atoms with Crippen LogP contribution in [0.2, 0.25) is 0 Å². The quantitative estimate of drug-likeness (QED) is 0.776. The summed E-state index contributed by atoms with van der Waals surface area (Å²) in [6, 6.07) is 16.5. The molecule has 0 atom stereocenters. The van der Waals surface area contributed by atoms with E-state index >= 15 is 0 Å². The van der Waals surface area contributed by atoms with Crippen LogP contribution in [-0.2, 0) is 11.3 Å². The molecule has 3 aromatic rings. The second-order valence-corrected chi connectivity index (χ2v) is 4.49. The summed E-state index contributed by atoms with van der Waals surface area (Å²) in [5, 5.41) is 19.9. The van der Waals surface area contributed by atoms with Crippen molar-refractivity contribution >= 4 is 5.97 Å². The third kappa shape index (κ3) is 3.09. The van der Waals surface area contributed by atoms with Gasteiger partial charge in [-0.1, -0.05) is 18.2 Å². The van der Waals surface area contributed by atoms with E-state index in [0.29, 0.717) is 17.1 Å². The number of tetrazole rings is 1. The number of carboxylic acids is 1. The monoisotopic (exact) mass is 296 g/mol. The normalized spacial score (nSPS) is 10.4. The molecule has 1 aromatic heterocycles. The summed E-state index contributed by atoms with van der Waals surface area (Å²) in [4.78, 5) is 10.8. The fraction of sp³-hybridized carbons (Fsp3) is 0.0667. The molecule has 0 aliphatic rings. The summed E-state index contributed by atoms with van der Waals surface area (Å²) in [6.45, 7) is -0.287. The summed E-state index contributed by atoms with van der Waals surface area (Å²) in [7, 11) is 0. The van der Waals surface area contributed by atoms with Crippen molar-refractivity contribution in [2.75, 3.05) is 0 Å². The van der Waals surface area contributed by atoms with Crippen molar-refractivity contribution < 1.29 is 14.6 Å². The molecule has 110 valence electrons. The number of benzene rings is 2. The molecule has 0 unspecified atom stereocenters. The zero-order chi connectivity index (χ0) is 15.4. The van der Waals surface area contributed by atoms with Crippen LogP contribution < -0.4 is 4.74 Å². The van der Waals surface area contributed by atoms with E-state index in [1.807, 2.05) is 30.3 Å². The average molecular weight is 296 g/mol. The van der Waals surface area contributed by atoms with Crippen LogP contribution in [0.3, 0.4) is 0 Å². The molecular weight excluding hydrogens is 284 g/mol. The topological polar surface area (TPSA) is 90.1 Å². The Bertz CT molecular complexity index is 769. The maximum Gasteiger partial charge on any atom is 0.325 e. The maximum absolute atomic E-state index is 10.8. The first-order valence-corrected chi connectivity index (χ1v) is 6.54. The van der Waals surface area contributed by atoms with Gasteiger partial charge in [0.25, 0.3) is 0 Å². The van der Waals surface area contributed by atoms with Crippen LogP contribution in [0, 0.1) is 0 Å². The van der Waals surface area contributed by atoms with Gasteiger partial charge in [0.1, 0.15) is 18.0 Å². The molecule has 0 aliphatic heterocycles. The van der Waals surface area contributed by atoms with Gasteiger partial charge in [0.2, 0.25) is 0 Å². The Kier molecular flexibility index (Phi) is 3.78. The summed E-state index contributed by atoms with van der Waals surface area (Å²) in [6.07, 6.45) is 0. The number of carbonyl (C=O) groups is 1. The highest BCUT2D eigenvalue weighted by atomic mass is 16.5. The molecule has 22 heavy (non-hydrogen) atoms. The lowest BCUT2D eigenvalue weighted by Gasteiger charge is -2.06. The largest absolute Gasteiger partial charge is 0.480 e. The Balaban J connectivity index is 1.80. The summed E-state index contributed by atoms with van der Waals surface area (Å²) in [5.41, 5.74) is 0.715. The highest BCUT2D eigenvalue weighted by molar-refractivity contribution is 5.67. The molecule has 1 N–H and O–H groups in total. The fourth-order valence-corrected chi connectivity index (χ4v) is 1.94. The molecule has 0 bridgehead atoms. The van der Waals surface area contributed by atoms with E-state index in [1.54, 1.807) is 24.3 Å². The molecule has 0 saturated heterocycles. The second-order valence-electron chi connectivity index (χ2n) is 4.49. The van der Waals surface area contributed by atoms with Crippen molar-refractivity contribution in [3.8, 4) is 22.9 Å². The van der Waals surface area contributed by atoms with E-state index in [1.165, 1.54) is 4.68 Å². The molecule has 7 nitrogen and oxygen atoms in total. The van der Waals surface area contributed by atoms with E-state index in [0.717, 1.165) is 5.75 Å². The highest BCUT2D eigenvalue weighted by Gasteiger charge is 2.11. The van der Waals surface area contributed by atoms with Crippen LogP contribution in [0.25, 0.3) is 11.4 Å². The number of aromatic nitrogens is 4. The molecule has 0 radical (unpaired) electrons. The van der Waals surface area contributed by atoms with Gasteiger partial charge in [0.05, 0.1) is 0 Å². The number of hydrogen-bond donors (Lipinski definition) is 1. The highest BCUT2D eigenvalue weighted by Crippen LogP contribution is 2.24. The first kappa shape index (κ1) is 13.7. The minimum Gasteiger partial charge on any atom is -0.480 e. The van der Waals surface area contributed by atoms with Crippen LogP contribution in [0.1, 0.15) is 0 Å². The molecule has 1 heterocycles. The smallest absolute Gasteiger partial charge is 0.325 e. The van der Waals surface area contributed by atoms with E-state index < -0.39 is 5.97 Å². The minimum atomic E-state index is -1.00. The number of aliphatic carboxylic acids is 1. The van der Waals surface area contributed by atoms with Crippen molar-refractivity contribution in [1.29, 1.82) is 0 Å². The first-order valence-electron chi connectivity index (χ1n) is 6.54. The molecular formula is C15H12N4O3. The number of ether oxygens (including phenoxy) is 1. The number of carboxylic acid groups (broad SMARTS) is 1. The Labute approximate surface area is 125 Å². The number of para-hydroxylation sites is 1. The molecule has 2 aromatic carbocycles. The lowest BCUT2D eigenvalue weighted by atomic mass is 10.2. The van der Waals surface area contributed by atoms with Crippen molar-refractivity contribution in [1.82, 2.24) is 20.2 Å². The Morgan fingerprint density at radius 2 is 1.73 bits per heavy atom. The Morgan fingerprint density at radius 1 is 1.05 bits per heavy atom. The van der Waals surface area contributed by atoms with Gasteiger partial charge in [-0.25, -0.2) is 4.68 Å². The molecule has 3 rings (SSSR count). The van der Waals surface area contributed by atoms with Crippen molar-refractivity contribution in [2.45, 2.75) is 6.54 Å². The van der Waals surface area contributed by atoms with E-state index in [-0.39, 0.29) is 6.54 Å². The predicted molar refractivity (Wildman–Crippen MR) is 77.4 cm³/mol. The molecule has 0 fully saturated rings. The second kappa shape index (κ2) is 6.04. The molecule has 0 amide bonds. The van der Waals surface area contributed by atoms with Gasteiger partial charge >= 0.3 is 5.97 Å². The Morgan fingerprint density at radius 3 is 2.41 bits per heavy atom. The molecule has 0 saturated carbocycles. The van der Waals surface area contributed by atoms with E-state index in [2.05, 4.69) is 15.5 Å². The molecule has 7 heteroatoms. The standard InChI is InChI=1S/C15H12N4O3/c20-14(21)10-19-15(16-17-18-19)11-6-8-13(9-7-11)22-12-4-2-1-3-5-12/h1-9H,10H2,(H,20,21). The third-order valence-corrected chi connectivity index (χ3v) is 2.91. The van der Waals surface area contributed by atoms with E-state index in [9.17, 15) is 4.79 Å². The van der Waals surface area contributed by atoms with E-state index in [4.69, 9.17) is 9.84 Å². The van der Waals surface area contributed by atoms with Crippen LogP contribution in [0.4, 0.5) is 0 Å². The first-order chi connectivity index (χ1) is 10.7. The lowest BCUT2D eigenvalue weighted by Crippen LogP contribution is -2.11. The molecule has 0 spiro atoms. The summed E-state index contributed by atoms with van der Waals surface area (Å²) in [5.74, 6) is 0.810. The lowest BCUT2D eigenvalue weighted by molar-refractivity contribution is -0.137. The van der Waals surface area contributed by atoms with Gasteiger partial charge in [0.15, 0.2) is 5.82 Å². The van der Waals surface area contributed by atoms with Crippen LogP contribution in [-0.4, -0.2) is 31.3 Å². The number of rotatable bonds is 5. The zero-order valence-electron chi connectivity index (χ0n) is 11.5. The van der Waals surface area contributed by atoms with Crippen molar-refractivity contribution in [3.63, 3.8) is 0 Å². The summed E-state index contributed by atoms with van der Waals surface area (Å²) < 4.78 is 6.92.